The predicted octanol–water partition coefficient (Wildman–Crippen LogP) is 3.89. The highest BCUT2D eigenvalue weighted by Crippen LogP contribution is 2.47. The summed E-state index contributed by atoms with van der Waals surface area (Å²) >= 11 is 1.70. The molecule has 106 valence electrons. The highest BCUT2D eigenvalue weighted by molar-refractivity contribution is 7.15. The Balaban J connectivity index is 2.11. The molecule has 3 rings (SSSR count). The first-order valence-electron chi connectivity index (χ1n) is 6.94. The van der Waals surface area contributed by atoms with Gasteiger partial charge < -0.3 is 10.5 Å². The summed E-state index contributed by atoms with van der Waals surface area (Å²) in [4.78, 5) is 6.09. The van der Waals surface area contributed by atoms with Crippen LogP contribution in [0.3, 0.4) is 0 Å². The minimum absolute atomic E-state index is 0.337. The lowest BCUT2D eigenvalue weighted by atomic mass is 10.0. The van der Waals surface area contributed by atoms with E-state index >= 15 is 0 Å². The van der Waals surface area contributed by atoms with E-state index in [-0.39, 0.29) is 5.54 Å². The molecule has 1 aromatic carbocycles. The van der Waals surface area contributed by atoms with Gasteiger partial charge in [-0.15, -0.1) is 11.3 Å². The van der Waals surface area contributed by atoms with Crippen LogP contribution in [0.5, 0.6) is 5.75 Å². The molecule has 1 aliphatic carbocycles. The van der Waals surface area contributed by atoms with Crippen molar-refractivity contribution >= 4 is 11.3 Å². The summed E-state index contributed by atoms with van der Waals surface area (Å²) in [5, 5.41) is 1.01. The lowest BCUT2D eigenvalue weighted by Crippen LogP contribution is -2.28. The number of hydrogen-bond donors (Lipinski definition) is 1. The Labute approximate surface area is 123 Å². The fraction of sp³-hybridized carbons (Fsp3) is 0.438. The number of nitrogens with zero attached hydrogens (tertiary/aromatic N) is 1. The van der Waals surface area contributed by atoms with Crippen molar-refractivity contribution in [2.24, 2.45) is 5.73 Å². The van der Waals surface area contributed by atoms with Crippen molar-refractivity contribution in [2.75, 3.05) is 7.11 Å². The second-order valence-corrected chi connectivity index (χ2v) is 6.93. The van der Waals surface area contributed by atoms with Crippen LogP contribution < -0.4 is 10.5 Å². The van der Waals surface area contributed by atoms with E-state index in [1.54, 1.807) is 18.4 Å². The Morgan fingerprint density at radius 1 is 1.30 bits per heavy atom. The van der Waals surface area contributed by atoms with Crippen molar-refractivity contribution in [2.45, 2.75) is 38.1 Å². The minimum atomic E-state index is -0.337. The van der Waals surface area contributed by atoms with Crippen LogP contribution in [0.2, 0.25) is 0 Å². The molecule has 0 radical (unpaired) electrons. The zero-order chi connectivity index (χ0) is 14.3. The van der Waals surface area contributed by atoms with Crippen LogP contribution in [0.1, 0.15) is 43.2 Å². The average molecular weight is 288 g/mol. The maximum Gasteiger partial charge on any atom is 0.129 e. The van der Waals surface area contributed by atoms with E-state index in [2.05, 4.69) is 19.9 Å². The molecule has 0 aliphatic heterocycles. The van der Waals surface area contributed by atoms with E-state index in [1.807, 2.05) is 18.2 Å². The van der Waals surface area contributed by atoms with Gasteiger partial charge in [-0.1, -0.05) is 12.1 Å². The zero-order valence-electron chi connectivity index (χ0n) is 12.1. The van der Waals surface area contributed by atoms with Crippen molar-refractivity contribution in [3.63, 3.8) is 0 Å². The first-order chi connectivity index (χ1) is 9.50. The number of rotatable bonds is 4. The lowest BCUT2D eigenvalue weighted by Gasteiger charge is -2.17. The molecule has 0 atom stereocenters. The van der Waals surface area contributed by atoms with Crippen LogP contribution in [0.4, 0.5) is 0 Å². The third kappa shape index (κ3) is 2.45. The normalized spacial score (nSPS) is 15.4. The number of thiazole rings is 1. The van der Waals surface area contributed by atoms with Crippen molar-refractivity contribution in [1.29, 1.82) is 0 Å². The van der Waals surface area contributed by atoms with Crippen LogP contribution >= 0.6 is 11.3 Å². The number of nitrogens with two attached hydrogens (primary N) is 1. The number of hydrogen-bond acceptors (Lipinski definition) is 4. The van der Waals surface area contributed by atoms with Gasteiger partial charge in [0.1, 0.15) is 10.8 Å². The van der Waals surface area contributed by atoms with Crippen molar-refractivity contribution in [1.82, 2.24) is 4.98 Å². The van der Waals surface area contributed by atoms with Crippen molar-refractivity contribution < 1.29 is 4.74 Å². The molecule has 0 spiro atoms. The van der Waals surface area contributed by atoms with Crippen LogP contribution in [0, 0.1) is 0 Å². The molecule has 4 heteroatoms. The first-order valence-corrected chi connectivity index (χ1v) is 7.76. The lowest BCUT2D eigenvalue weighted by molar-refractivity contribution is 0.416. The molecule has 20 heavy (non-hydrogen) atoms. The molecule has 0 amide bonds. The Morgan fingerprint density at radius 2 is 2.00 bits per heavy atom. The van der Waals surface area contributed by atoms with Gasteiger partial charge in [0.2, 0.25) is 0 Å². The summed E-state index contributed by atoms with van der Waals surface area (Å²) in [6, 6.07) is 8.03. The Hall–Kier alpha value is -1.39. The average Bonchev–Trinajstić information content (AvgIpc) is 3.16. The first kappa shape index (κ1) is 13.6. The van der Waals surface area contributed by atoms with E-state index in [0.717, 1.165) is 16.3 Å². The summed E-state index contributed by atoms with van der Waals surface area (Å²) < 4.78 is 5.45. The largest absolute Gasteiger partial charge is 0.496 e. The van der Waals surface area contributed by atoms with Gasteiger partial charge in [-0.25, -0.2) is 4.98 Å². The molecular formula is C16H20N2OS. The molecule has 1 aliphatic rings. The summed E-state index contributed by atoms with van der Waals surface area (Å²) in [5.74, 6) is 1.47. The molecule has 1 aromatic heterocycles. The van der Waals surface area contributed by atoms with Gasteiger partial charge in [-0.3, -0.25) is 0 Å². The molecule has 0 saturated heterocycles. The Bertz CT molecular complexity index is 624. The number of para-hydroxylation sites is 1. The fourth-order valence-electron chi connectivity index (χ4n) is 2.36. The zero-order valence-corrected chi connectivity index (χ0v) is 13.0. The van der Waals surface area contributed by atoms with Gasteiger partial charge in [0.15, 0.2) is 0 Å². The third-order valence-electron chi connectivity index (χ3n) is 3.54. The van der Waals surface area contributed by atoms with Crippen LogP contribution in [0.25, 0.3) is 10.6 Å². The Morgan fingerprint density at radius 3 is 2.60 bits per heavy atom. The molecule has 0 bridgehead atoms. The molecule has 0 unspecified atom stereocenters. The summed E-state index contributed by atoms with van der Waals surface area (Å²) in [7, 11) is 1.70. The fourth-order valence-corrected chi connectivity index (χ4v) is 3.56. The summed E-state index contributed by atoms with van der Waals surface area (Å²) in [6.45, 7) is 4.11. The molecule has 1 fully saturated rings. The van der Waals surface area contributed by atoms with Crippen LogP contribution in [-0.4, -0.2) is 12.1 Å². The quantitative estimate of drug-likeness (QED) is 0.928. The second-order valence-electron chi connectivity index (χ2n) is 5.93. The Kier molecular flexibility index (Phi) is 3.30. The van der Waals surface area contributed by atoms with Gasteiger partial charge in [0.25, 0.3) is 0 Å². The molecule has 2 aromatic rings. The minimum Gasteiger partial charge on any atom is -0.496 e. The molecule has 1 heterocycles. The standard InChI is InChI=1S/C16H20N2OS/c1-16(2,17)14-13(10-8-9-10)18-15(20-14)11-6-4-5-7-12(11)19-3/h4-7,10H,8-9,17H2,1-3H3. The monoisotopic (exact) mass is 288 g/mol. The smallest absolute Gasteiger partial charge is 0.129 e. The van der Waals surface area contributed by atoms with Crippen LogP contribution in [0.15, 0.2) is 24.3 Å². The van der Waals surface area contributed by atoms with Crippen LogP contribution in [-0.2, 0) is 5.54 Å². The summed E-state index contributed by atoms with van der Waals surface area (Å²) in [6.07, 6.45) is 2.47. The highest BCUT2D eigenvalue weighted by Gasteiger charge is 2.34. The van der Waals surface area contributed by atoms with Gasteiger partial charge in [0, 0.05) is 16.3 Å². The van der Waals surface area contributed by atoms with Gasteiger partial charge in [-0.2, -0.15) is 0 Å². The number of benzene rings is 1. The van der Waals surface area contributed by atoms with Gasteiger partial charge in [-0.05, 0) is 38.8 Å². The van der Waals surface area contributed by atoms with Crippen molar-refractivity contribution in [3.8, 4) is 16.3 Å². The van der Waals surface area contributed by atoms with E-state index in [4.69, 9.17) is 15.5 Å². The van der Waals surface area contributed by atoms with Crippen molar-refractivity contribution in [3.05, 3.63) is 34.8 Å². The third-order valence-corrected chi connectivity index (χ3v) is 4.98. The van der Waals surface area contributed by atoms with Gasteiger partial charge >= 0.3 is 0 Å². The van der Waals surface area contributed by atoms with E-state index in [9.17, 15) is 0 Å². The number of ether oxygens (including phenoxy) is 1. The maximum atomic E-state index is 6.32. The number of aromatic nitrogens is 1. The molecule has 3 nitrogen and oxygen atoms in total. The predicted molar refractivity (Wildman–Crippen MR) is 83.3 cm³/mol. The van der Waals surface area contributed by atoms with Gasteiger partial charge in [0.05, 0.1) is 18.4 Å². The highest BCUT2D eigenvalue weighted by atomic mass is 32.1. The van der Waals surface area contributed by atoms with E-state index in [0.29, 0.717) is 5.92 Å². The number of methoxy groups -OCH3 is 1. The summed E-state index contributed by atoms with van der Waals surface area (Å²) in [5.41, 5.74) is 8.24. The molecule has 1 saturated carbocycles. The SMILES string of the molecule is COc1ccccc1-c1nc(C2CC2)c(C(C)(C)N)s1. The van der Waals surface area contributed by atoms with E-state index in [1.165, 1.54) is 23.4 Å². The maximum absolute atomic E-state index is 6.32. The topological polar surface area (TPSA) is 48.1 Å². The van der Waals surface area contributed by atoms with E-state index < -0.39 is 0 Å². The second kappa shape index (κ2) is 4.86. The molecular weight excluding hydrogens is 268 g/mol. The molecule has 2 N–H and O–H groups in total.